The molecule has 3 aromatic heterocycles. The third kappa shape index (κ3) is 3.60. The topological polar surface area (TPSA) is 46.5 Å². The van der Waals surface area contributed by atoms with Crippen molar-refractivity contribution in [1.29, 1.82) is 0 Å². The molecular weight excluding hydrogens is 404 g/mol. The monoisotopic (exact) mass is 428 g/mol. The number of benzene rings is 3. The summed E-state index contributed by atoms with van der Waals surface area (Å²) in [6, 6.07) is 30.2. The van der Waals surface area contributed by atoms with Crippen LogP contribution in [0.1, 0.15) is 29.9 Å². The van der Waals surface area contributed by atoms with E-state index >= 15 is 0 Å². The number of nitrogens with zero attached hydrogens (tertiary/aromatic N) is 3. The standard InChI is InChI=1S/C29H24N4/c1-20(22-5-3-2-4-6-22)33-28-19-25(24-8-7-23-13-16-31-27(23)18-24)9-10-26(28)32-29(33)17-21-11-14-30-15-12-21/h2-16,18-20,31H,17H2,1H3. The van der Waals surface area contributed by atoms with Crippen molar-refractivity contribution < 1.29 is 0 Å². The van der Waals surface area contributed by atoms with E-state index in [0.29, 0.717) is 0 Å². The highest BCUT2D eigenvalue weighted by atomic mass is 15.1. The quantitative estimate of drug-likeness (QED) is 0.329. The normalized spacial score (nSPS) is 12.4. The maximum atomic E-state index is 5.07. The van der Waals surface area contributed by atoms with Crippen LogP contribution in [0, 0.1) is 0 Å². The molecule has 3 aromatic carbocycles. The fourth-order valence-corrected chi connectivity index (χ4v) is 4.67. The lowest BCUT2D eigenvalue weighted by molar-refractivity contribution is 0.627. The van der Waals surface area contributed by atoms with Crippen molar-refractivity contribution in [3.05, 3.63) is 120 Å². The van der Waals surface area contributed by atoms with E-state index in [0.717, 1.165) is 28.8 Å². The molecule has 0 saturated carbocycles. The molecule has 160 valence electrons. The molecule has 0 aliphatic rings. The van der Waals surface area contributed by atoms with E-state index in [4.69, 9.17) is 4.98 Å². The van der Waals surface area contributed by atoms with Gasteiger partial charge in [-0.25, -0.2) is 4.98 Å². The van der Waals surface area contributed by atoms with Crippen molar-refractivity contribution in [3.8, 4) is 11.1 Å². The summed E-state index contributed by atoms with van der Waals surface area (Å²) in [5.74, 6) is 1.06. The summed E-state index contributed by atoms with van der Waals surface area (Å²) >= 11 is 0. The highest BCUT2D eigenvalue weighted by Gasteiger charge is 2.18. The summed E-state index contributed by atoms with van der Waals surface area (Å²) in [5.41, 5.74) is 8.19. The Morgan fingerprint density at radius 2 is 1.64 bits per heavy atom. The number of hydrogen-bond acceptors (Lipinski definition) is 2. The van der Waals surface area contributed by atoms with E-state index in [1.54, 1.807) is 0 Å². The molecule has 6 rings (SSSR count). The third-order valence-electron chi connectivity index (χ3n) is 6.43. The van der Waals surface area contributed by atoms with Crippen LogP contribution in [0.2, 0.25) is 0 Å². The molecule has 0 radical (unpaired) electrons. The van der Waals surface area contributed by atoms with Crippen molar-refractivity contribution in [2.75, 3.05) is 0 Å². The van der Waals surface area contributed by atoms with Crippen LogP contribution in [0.5, 0.6) is 0 Å². The molecule has 4 nitrogen and oxygen atoms in total. The van der Waals surface area contributed by atoms with Crippen LogP contribution in [0.15, 0.2) is 104 Å². The summed E-state index contributed by atoms with van der Waals surface area (Å²) in [7, 11) is 0. The molecule has 0 aliphatic carbocycles. The Labute approximate surface area is 192 Å². The van der Waals surface area contributed by atoms with Gasteiger partial charge in [-0.15, -0.1) is 0 Å². The van der Waals surface area contributed by atoms with Crippen molar-refractivity contribution >= 4 is 21.9 Å². The number of hydrogen-bond donors (Lipinski definition) is 1. The second-order valence-electron chi connectivity index (χ2n) is 8.50. The average Bonchev–Trinajstić information content (AvgIpc) is 3.48. The Morgan fingerprint density at radius 1 is 0.848 bits per heavy atom. The summed E-state index contributed by atoms with van der Waals surface area (Å²) < 4.78 is 2.39. The molecular formula is C29H24N4. The Morgan fingerprint density at radius 3 is 2.48 bits per heavy atom. The predicted octanol–water partition coefficient (Wildman–Crippen LogP) is 6.78. The van der Waals surface area contributed by atoms with E-state index in [9.17, 15) is 0 Å². The molecule has 3 heterocycles. The number of nitrogens with one attached hydrogen (secondary N) is 1. The first-order chi connectivity index (χ1) is 16.3. The van der Waals surface area contributed by atoms with Gasteiger partial charge in [0.2, 0.25) is 0 Å². The largest absolute Gasteiger partial charge is 0.361 e. The number of pyridine rings is 1. The number of aromatic amines is 1. The second kappa shape index (κ2) is 8.06. The number of rotatable bonds is 5. The molecule has 33 heavy (non-hydrogen) atoms. The van der Waals surface area contributed by atoms with Gasteiger partial charge in [0.15, 0.2) is 0 Å². The lowest BCUT2D eigenvalue weighted by atomic mass is 10.0. The maximum Gasteiger partial charge on any atom is 0.114 e. The van der Waals surface area contributed by atoms with Crippen molar-refractivity contribution in [2.24, 2.45) is 0 Å². The molecule has 0 spiro atoms. The van der Waals surface area contributed by atoms with Crippen LogP contribution >= 0.6 is 0 Å². The molecule has 0 fully saturated rings. The number of aromatic nitrogens is 4. The molecule has 0 aliphatic heterocycles. The van der Waals surface area contributed by atoms with E-state index in [-0.39, 0.29) is 6.04 Å². The van der Waals surface area contributed by atoms with Crippen molar-refractivity contribution in [1.82, 2.24) is 19.5 Å². The smallest absolute Gasteiger partial charge is 0.114 e. The summed E-state index contributed by atoms with van der Waals surface area (Å²) in [5, 5.41) is 1.22. The summed E-state index contributed by atoms with van der Waals surface area (Å²) in [6.07, 6.45) is 6.44. The zero-order valence-electron chi connectivity index (χ0n) is 18.4. The van der Waals surface area contributed by atoms with Crippen LogP contribution in [0.4, 0.5) is 0 Å². The SMILES string of the molecule is CC(c1ccccc1)n1c(Cc2ccncc2)nc2ccc(-c3ccc4cc[nH]c4c3)cc21. The minimum Gasteiger partial charge on any atom is -0.361 e. The van der Waals surface area contributed by atoms with Gasteiger partial charge >= 0.3 is 0 Å². The molecule has 1 unspecified atom stereocenters. The van der Waals surface area contributed by atoms with E-state index in [1.165, 1.54) is 27.6 Å². The van der Waals surface area contributed by atoms with E-state index in [2.05, 4.69) is 106 Å². The Balaban J connectivity index is 1.52. The Bertz CT molecular complexity index is 1540. The average molecular weight is 429 g/mol. The first kappa shape index (κ1) is 19.5. The van der Waals surface area contributed by atoms with E-state index < -0.39 is 0 Å². The number of fused-ring (bicyclic) bond motifs is 2. The zero-order chi connectivity index (χ0) is 22.2. The van der Waals surface area contributed by atoms with Crippen LogP contribution in [-0.2, 0) is 6.42 Å². The molecule has 0 saturated heterocycles. The van der Waals surface area contributed by atoms with Crippen LogP contribution in [0.25, 0.3) is 33.1 Å². The van der Waals surface area contributed by atoms with Gasteiger partial charge in [-0.3, -0.25) is 4.98 Å². The minimum atomic E-state index is 0.161. The molecule has 1 N–H and O–H groups in total. The fourth-order valence-electron chi connectivity index (χ4n) is 4.67. The van der Waals surface area contributed by atoms with Gasteiger partial charge in [-0.05, 0) is 71.0 Å². The molecule has 6 aromatic rings. The van der Waals surface area contributed by atoms with Gasteiger partial charge in [0.05, 0.1) is 17.1 Å². The summed E-state index contributed by atoms with van der Waals surface area (Å²) in [6.45, 7) is 2.25. The Hall–Kier alpha value is -4.18. The lowest BCUT2D eigenvalue weighted by Crippen LogP contribution is -2.11. The maximum absolute atomic E-state index is 5.07. The fraction of sp³-hybridized carbons (Fsp3) is 0.103. The van der Waals surface area contributed by atoms with Crippen LogP contribution in [0.3, 0.4) is 0 Å². The molecule has 0 amide bonds. The molecule has 1 atom stereocenters. The first-order valence-electron chi connectivity index (χ1n) is 11.3. The van der Waals surface area contributed by atoms with Gasteiger partial charge in [0.25, 0.3) is 0 Å². The lowest BCUT2D eigenvalue weighted by Gasteiger charge is -2.19. The predicted molar refractivity (Wildman–Crippen MR) is 134 cm³/mol. The molecule has 0 bridgehead atoms. The van der Waals surface area contributed by atoms with E-state index in [1.807, 2.05) is 18.6 Å². The van der Waals surface area contributed by atoms with Crippen LogP contribution < -0.4 is 0 Å². The van der Waals surface area contributed by atoms with Crippen molar-refractivity contribution in [2.45, 2.75) is 19.4 Å². The third-order valence-corrected chi connectivity index (χ3v) is 6.43. The first-order valence-corrected chi connectivity index (χ1v) is 11.3. The van der Waals surface area contributed by atoms with Crippen molar-refractivity contribution in [3.63, 3.8) is 0 Å². The van der Waals surface area contributed by atoms with Crippen LogP contribution in [-0.4, -0.2) is 19.5 Å². The van der Waals surface area contributed by atoms with Gasteiger partial charge in [-0.1, -0.05) is 48.5 Å². The second-order valence-corrected chi connectivity index (χ2v) is 8.50. The van der Waals surface area contributed by atoms with Gasteiger partial charge in [0.1, 0.15) is 5.82 Å². The zero-order valence-corrected chi connectivity index (χ0v) is 18.4. The number of H-pyrrole nitrogens is 1. The number of imidazole rings is 1. The van der Waals surface area contributed by atoms with Gasteiger partial charge in [0, 0.05) is 30.5 Å². The minimum absolute atomic E-state index is 0.161. The molecule has 4 heteroatoms. The highest BCUT2D eigenvalue weighted by molar-refractivity contribution is 5.88. The Kier molecular flexibility index (Phi) is 4.76. The summed E-state index contributed by atoms with van der Waals surface area (Å²) in [4.78, 5) is 12.6. The van der Waals surface area contributed by atoms with Gasteiger partial charge in [-0.2, -0.15) is 0 Å². The van der Waals surface area contributed by atoms with Gasteiger partial charge < -0.3 is 9.55 Å². The highest BCUT2D eigenvalue weighted by Crippen LogP contribution is 2.31.